The standard InChI is InChI=1S/C19H27N5O/c1-3-9-23-11-8-20-19(23)14-24-10-4-5-18(24)17-7-6-16(13-22-17)12-21-15(2)25/h6-8,11,13,18H,3-5,9-10,12,14H2,1-2H3,(H,21,25). The van der Waals surface area contributed by atoms with Gasteiger partial charge in [0.15, 0.2) is 0 Å². The van der Waals surface area contributed by atoms with Crippen molar-refractivity contribution in [3.8, 4) is 0 Å². The molecule has 134 valence electrons. The fourth-order valence-corrected chi connectivity index (χ4v) is 3.43. The highest BCUT2D eigenvalue weighted by Crippen LogP contribution is 2.31. The van der Waals surface area contributed by atoms with Gasteiger partial charge in [0.05, 0.1) is 18.3 Å². The number of aromatic nitrogens is 3. The number of imidazole rings is 1. The van der Waals surface area contributed by atoms with Crippen molar-refractivity contribution in [1.82, 2.24) is 24.8 Å². The van der Waals surface area contributed by atoms with Gasteiger partial charge in [0.25, 0.3) is 0 Å². The van der Waals surface area contributed by atoms with Crippen LogP contribution in [0.25, 0.3) is 0 Å². The number of carbonyl (C=O) groups excluding carboxylic acids is 1. The minimum atomic E-state index is -0.0198. The van der Waals surface area contributed by atoms with E-state index in [1.54, 1.807) is 0 Å². The van der Waals surface area contributed by atoms with E-state index in [-0.39, 0.29) is 5.91 Å². The fourth-order valence-electron chi connectivity index (χ4n) is 3.43. The molecule has 1 saturated heterocycles. The largest absolute Gasteiger partial charge is 0.352 e. The third kappa shape index (κ3) is 4.45. The number of likely N-dealkylation sites (tertiary alicyclic amines) is 1. The van der Waals surface area contributed by atoms with E-state index in [1.807, 2.05) is 12.4 Å². The topological polar surface area (TPSA) is 63.1 Å². The summed E-state index contributed by atoms with van der Waals surface area (Å²) in [6.07, 6.45) is 9.27. The van der Waals surface area contributed by atoms with Crippen LogP contribution in [0.15, 0.2) is 30.7 Å². The van der Waals surface area contributed by atoms with Crippen molar-refractivity contribution < 1.29 is 4.79 Å². The number of nitrogens with zero attached hydrogens (tertiary/aromatic N) is 4. The smallest absolute Gasteiger partial charge is 0.217 e. The Bertz CT molecular complexity index is 694. The zero-order chi connectivity index (χ0) is 17.6. The van der Waals surface area contributed by atoms with Gasteiger partial charge in [-0.2, -0.15) is 0 Å². The highest BCUT2D eigenvalue weighted by atomic mass is 16.1. The Morgan fingerprint density at radius 1 is 1.36 bits per heavy atom. The first-order valence-corrected chi connectivity index (χ1v) is 9.10. The zero-order valence-corrected chi connectivity index (χ0v) is 15.1. The van der Waals surface area contributed by atoms with Crippen molar-refractivity contribution in [2.24, 2.45) is 0 Å². The Hall–Kier alpha value is -2.21. The molecular weight excluding hydrogens is 314 g/mol. The van der Waals surface area contributed by atoms with E-state index < -0.39 is 0 Å². The molecule has 25 heavy (non-hydrogen) atoms. The first-order chi connectivity index (χ1) is 12.2. The molecule has 2 aromatic rings. The van der Waals surface area contributed by atoms with Gasteiger partial charge >= 0.3 is 0 Å². The van der Waals surface area contributed by atoms with Gasteiger partial charge in [0.1, 0.15) is 5.82 Å². The van der Waals surface area contributed by atoms with Crippen molar-refractivity contribution in [3.63, 3.8) is 0 Å². The second-order valence-corrected chi connectivity index (χ2v) is 6.67. The highest BCUT2D eigenvalue weighted by Gasteiger charge is 2.28. The van der Waals surface area contributed by atoms with Crippen LogP contribution in [0.2, 0.25) is 0 Å². The third-order valence-electron chi connectivity index (χ3n) is 4.70. The number of nitrogens with one attached hydrogen (secondary N) is 1. The predicted octanol–water partition coefficient (Wildman–Crippen LogP) is 2.66. The summed E-state index contributed by atoms with van der Waals surface area (Å²) in [5.41, 5.74) is 2.14. The second-order valence-electron chi connectivity index (χ2n) is 6.67. The van der Waals surface area contributed by atoms with Gasteiger partial charge in [-0.3, -0.25) is 14.7 Å². The van der Waals surface area contributed by atoms with Crippen molar-refractivity contribution in [2.45, 2.75) is 58.8 Å². The summed E-state index contributed by atoms with van der Waals surface area (Å²) >= 11 is 0. The number of aryl methyl sites for hydroxylation is 1. The number of hydrogen-bond acceptors (Lipinski definition) is 4. The molecule has 1 N–H and O–H groups in total. The molecule has 1 aliphatic heterocycles. The van der Waals surface area contributed by atoms with E-state index in [1.165, 1.54) is 13.3 Å². The maximum absolute atomic E-state index is 11.0. The summed E-state index contributed by atoms with van der Waals surface area (Å²) in [6, 6.07) is 4.51. The molecule has 1 aliphatic rings. The molecule has 6 nitrogen and oxygen atoms in total. The molecule has 1 atom stereocenters. The van der Waals surface area contributed by atoms with Gasteiger partial charge in [-0.1, -0.05) is 13.0 Å². The van der Waals surface area contributed by atoms with Crippen LogP contribution in [0.5, 0.6) is 0 Å². The Morgan fingerprint density at radius 2 is 2.24 bits per heavy atom. The first kappa shape index (κ1) is 17.6. The Morgan fingerprint density at radius 3 is 2.96 bits per heavy atom. The van der Waals surface area contributed by atoms with Gasteiger partial charge in [0.2, 0.25) is 5.91 Å². The molecule has 1 unspecified atom stereocenters. The number of rotatable bonds is 7. The summed E-state index contributed by atoms with van der Waals surface area (Å²) in [7, 11) is 0. The van der Waals surface area contributed by atoms with Gasteiger partial charge in [0, 0.05) is 38.6 Å². The Labute approximate surface area is 149 Å². The molecule has 1 amide bonds. The molecule has 0 spiro atoms. The number of amides is 1. The number of hydrogen-bond donors (Lipinski definition) is 1. The molecule has 0 saturated carbocycles. The quantitative estimate of drug-likeness (QED) is 0.841. The molecule has 0 bridgehead atoms. The van der Waals surface area contributed by atoms with Gasteiger partial charge in [-0.05, 0) is 37.4 Å². The molecular formula is C19H27N5O. The molecule has 2 aromatic heterocycles. The van der Waals surface area contributed by atoms with Crippen LogP contribution in [-0.4, -0.2) is 31.9 Å². The molecule has 0 aliphatic carbocycles. The maximum Gasteiger partial charge on any atom is 0.217 e. The summed E-state index contributed by atoms with van der Waals surface area (Å²) in [4.78, 5) is 22.7. The minimum absolute atomic E-state index is 0.0198. The Balaban J connectivity index is 1.66. The molecule has 0 radical (unpaired) electrons. The van der Waals surface area contributed by atoms with Gasteiger partial charge in [-0.25, -0.2) is 4.98 Å². The molecule has 3 rings (SSSR count). The van der Waals surface area contributed by atoms with E-state index >= 15 is 0 Å². The summed E-state index contributed by atoms with van der Waals surface area (Å²) in [5, 5.41) is 2.81. The van der Waals surface area contributed by atoms with E-state index in [4.69, 9.17) is 0 Å². The lowest BCUT2D eigenvalue weighted by Gasteiger charge is -2.24. The molecule has 3 heterocycles. The average molecular weight is 341 g/mol. The number of pyridine rings is 1. The van der Waals surface area contributed by atoms with Crippen LogP contribution in [0.3, 0.4) is 0 Å². The van der Waals surface area contributed by atoms with E-state index in [2.05, 4.69) is 50.0 Å². The lowest BCUT2D eigenvalue weighted by molar-refractivity contribution is -0.119. The summed E-state index contributed by atoms with van der Waals surface area (Å²) in [5.74, 6) is 1.12. The van der Waals surface area contributed by atoms with Gasteiger partial charge in [-0.15, -0.1) is 0 Å². The number of carbonyl (C=O) groups is 1. The van der Waals surface area contributed by atoms with Crippen molar-refractivity contribution >= 4 is 5.91 Å². The van der Waals surface area contributed by atoms with Gasteiger partial charge < -0.3 is 9.88 Å². The predicted molar refractivity (Wildman–Crippen MR) is 96.7 cm³/mol. The zero-order valence-electron chi connectivity index (χ0n) is 15.1. The molecule has 1 fully saturated rings. The highest BCUT2D eigenvalue weighted by molar-refractivity contribution is 5.72. The first-order valence-electron chi connectivity index (χ1n) is 9.10. The van der Waals surface area contributed by atoms with Crippen LogP contribution < -0.4 is 5.32 Å². The van der Waals surface area contributed by atoms with Crippen LogP contribution >= 0.6 is 0 Å². The molecule has 6 heteroatoms. The van der Waals surface area contributed by atoms with Crippen molar-refractivity contribution in [3.05, 3.63) is 47.8 Å². The van der Waals surface area contributed by atoms with Crippen LogP contribution in [0.4, 0.5) is 0 Å². The van der Waals surface area contributed by atoms with Crippen LogP contribution in [0, 0.1) is 0 Å². The summed E-state index contributed by atoms with van der Waals surface area (Å²) in [6.45, 7) is 7.22. The fraction of sp³-hybridized carbons (Fsp3) is 0.526. The Kier molecular flexibility index (Phi) is 5.81. The van der Waals surface area contributed by atoms with Crippen molar-refractivity contribution in [2.75, 3.05) is 6.54 Å². The third-order valence-corrected chi connectivity index (χ3v) is 4.70. The molecule has 0 aromatic carbocycles. The monoisotopic (exact) mass is 341 g/mol. The summed E-state index contributed by atoms with van der Waals surface area (Å²) < 4.78 is 2.25. The lowest BCUT2D eigenvalue weighted by atomic mass is 10.1. The SMILES string of the molecule is CCCn1ccnc1CN1CCCC1c1ccc(CNC(C)=O)cn1. The second kappa shape index (κ2) is 8.25. The van der Waals surface area contributed by atoms with Crippen LogP contribution in [0.1, 0.15) is 56.2 Å². The van der Waals surface area contributed by atoms with Crippen LogP contribution in [-0.2, 0) is 24.4 Å². The average Bonchev–Trinajstić information content (AvgIpc) is 3.24. The minimum Gasteiger partial charge on any atom is -0.352 e. The maximum atomic E-state index is 11.0. The normalized spacial score (nSPS) is 17.8. The van der Waals surface area contributed by atoms with E-state index in [0.717, 1.165) is 49.6 Å². The van der Waals surface area contributed by atoms with E-state index in [9.17, 15) is 4.79 Å². The lowest BCUT2D eigenvalue weighted by Crippen LogP contribution is -2.25. The van der Waals surface area contributed by atoms with Crippen molar-refractivity contribution in [1.29, 1.82) is 0 Å². The van der Waals surface area contributed by atoms with E-state index in [0.29, 0.717) is 12.6 Å².